The standard InChI is InChI=1S/C14H18ClNO2/c15-12-2-1-3-13(8-12)18-7-6-16-9-14(17,10-16)11-4-5-11/h1-3,8,11,17H,4-7,9-10H2. The fourth-order valence-electron chi connectivity index (χ4n) is 2.61. The van der Waals surface area contributed by atoms with Crippen LogP contribution >= 0.6 is 11.6 Å². The number of hydrogen-bond donors (Lipinski definition) is 1. The second-order valence-electron chi connectivity index (χ2n) is 5.39. The molecule has 3 nitrogen and oxygen atoms in total. The summed E-state index contributed by atoms with van der Waals surface area (Å²) in [6.45, 7) is 3.11. The lowest BCUT2D eigenvalue weighted by Crippen LogP contribution is -2.63. The highest BCUT2D eigenvalue weighted by Crippen LogP contribution is 2.44. The molecule has 18 heavy (non-hydrogen) atoms. The summed E-state index contributed by atoms with van der Waals surface area (Å²) in [5, 5.41) is 10.9. The average Bonchev–Trinajstić information content (AvgIpc) is 3.10. The van der Waals surface area contributed by atoms with E-state index in [0.717, 1.165) is 25.4 Å². The molecule has 0 aromatic heterocycles. The minimum absolute atomic E-state index is 0.393. The van der Waals surface area contributed by atoms with Crippen LogP contribution in [0.15, 0.2) is 24.3 Å². The van der Waals surface area contributed by atoms with E-state index in [1.54, 1.807) is 0 Å². The van der Waals surface area contributed by atoms with Gasteiger partial charge in [-0.1, -0.05) is 17.7 Å². The van der Waals surface area contributed by atoms with Gasteiger partial charge in [-0.05, 0) is 37.0 Å². The number of rotatable bonds is 5. The first kappa shape index (κ1) is 12.3. The number of nitrogens with zero attached hydrogens (tertiary/aromatic N) is 1. The normalized spacial score (nSPS) is 22.6. The molecule has 1 N–H and O–H groups in total. The van der Waals surface area contributed by atoms with E-state index in [9.17, 15) is 5.11 Å². The maximum absolute atomic E-state index is 10.2. The summed E-state index contributed by atoms with van der Waals surface area (Å²) in [6, 6.07) is 7.44. The highest BCUT2D eigenvalue weighted by molar-refractivity contribution is 6.30. The van der Waals surface area contributed by atoms with Crippen LogP contribution < -0.4 is 4.74 Å². The van der Waals surface area contributed by atoms with Crippen LogP contribution in [0.1, 0.15) is 12.8 Å². The molecule has 0 radical (unpaired) electrons. The summed E-state index contributed by atoms with van der Waals surface area (Å²) in [5.41, 5.74) is -0.393. The van der Waals surface area contributed by atoms with Crippen molar-refractivity contribution in [3.63, 3.8) is 0 Å². The largest absolute Gasteiger partial charge is 0.492 e. The third-order valence-electron chi connectivity index (χ3n) is 3.80. The lowest BCUT2D eigenvalue weighted by molar-refractivity contribution is -0.115. The van der Waals surface area contributed by atoms with E-state index >= 15 is 0 Å². The van der Waals surface area contributed by atoms with Crippen LogP contribution in [0, 0.1) is 5.92 Å². The second-order valence-corrected chi connectivity index (χ2v) is 5.83. The molecule has 1 aromatic rings. The molecule has 0 amide bonds. The van der Waals surface area contributed by atoms with Crippen LogP contribution in [0.4, 0.5) is 0 Å². The molecule has 1 heterocycles. The molecule has 0 bridgehead atoms. The van der Waals surface area contributed by atoms with Crippen LogP contribution in [0.5, 0.6) is 5.75 Å². The maximum Gasteiger partial charge on any atom is 0.120 e. The van der Waals surface area contributed by atoms with Gasteiger partial charge in [-0.25, -0.2) is 0 Å². The van der Waals surface area contributed by atoms with Gasteiger partial charge in [0.1, 0.15) is 12.4 Å². The highest BCUT2D eigenvalue weighted by Gasteiger charge is 2.51. The van der Waals surface area contributed by atoms with Crippen molar-refractivity contribution in [2.45, 2.75) is 18.4 Å². The Bertz CT molecular complexity index is 428. The predicted octanol–water partition coefficient (Wildman–Crippen LogP) is 2.18. The van der Waals surface area contributed by atoms with Gasteiger partial charge < -0.3 is 9.84 Å². The van der Waals surface area contributed by atoms with Crippen molar-refractivity contribution in [3.05, 3.63) is 29.3 Å². The van der Waals surface area contributed by atoms with Gasteiger partial charge in [-0.15, -0.1) is 0 Å². The van der Waals surface area contributed by atoms with Gasteiger partial charge in [-0.3, -0.25) is 4.90 Å². The molecule has 2 fully saturated rings. The smallest absolute Gasteiger partial charge is 0.120 e. The lowest BCUT2D eigenvalue weighted by Gasteiger charge is -2.47. The summed E-state index contributed by atoms with van der Waals surface area (Å²) in [7, 11) is 0. The number of likely N-dealkylation sites (tertiary alicyclic amines) is 1. The van der Waals surface area contributed by atoms with Gasteiger partial charge in [0.15, 0.2) is 0 Å². The van der Waals surface area contributed by atoms with Gasteiger partial charge in [-0.2, -0.15) is 0 Å². The number of benzene rings is 1. The van der Waals surface area contributed by atoms with E-state index in [4.69, 9.17) is 16.3 Å². The topological polar surface area (TPSA) is 32.7 Å². The third kappa shape index (κ3) is 2.63. The number of hydrogen-bond acceptors (Lipinski definition) is 3. The number of β-amino-alcohol motifs (C(OH)–C–C–N with tert-alkyl or cyclic N) is 1. The SMILES string of the molecule is OC1(C2CC2)CN(CCOc2cccc(Cl)c2)C1. The molecule has 1 aliphatic heterocycles. The summed E-state index contributed by atoms with van der Waals surface area (Å²) >= 11 is 5.88. The van der Waals surface area contributed by atoms with Gasteiger partial charge >= 0.3 is 0 Å². The minimum atomic E-state index is -0.393. The van der Waals surface area contributed by atoms with Crippen molar-refractivity contribution in [2.24, 2.45) is 5.92 Å². The molecular formula is C14H18ClNO2. The van der Waals surface area contributed by atoms with Crippen molar-refractivity contribution >= 4 is 11.6 Å². The van der Waals surface area contributed by atoms with E-state index < -0.39 is 5.60 Å². The quantitative estimate of drug-likeness (QED) is 0.888. The maximum atomic E-state index is 10.2. The molecule has 1 saturated heterocycles. The zero-order valence-corrected chi connectivity index (χ0v) is 11.1. The molecule has 4 heteroatoms. The minimum Gasteiger partial charge on any atom is -0.492 e. The van der Waals surface area contributed by atoms with E-state index in [-0.39, 0.29) is 0 Å². The fourth-order valence-corrected chi connectivity index (χ4v) is 2.79. The summed E-state index contributed by atoms with van der Waals surface area (Å²) < 4.78 is 5.63. The van der Waals surface area contributed by atoms with Gasteiger partial charge in [0.25, 0.3) is 0 Å². The molecule has 0 spiro atoms. The first-order valence-corrected chi connectivity index (χ1v) is 6.87. The van der Waals surface area contributed by atoms with Crippen molar-refractivity contribution in [2.75, 3.05) is 26.2 Å². The lowest BCUT2D eigenvalue weighted by atomic mass is 9.89. The monoisotopic (exact) mass is 267 g/mol. The van der Waals surface area contributed by atoms with Crippen molar-refractivity contribution in [3.8, 4) is 5.75 Å². The Balaban J connectivity index is 1.38. The Kier molecular flexibility index (Phi) is 3.22. The van der Waals surface area contributed by atoms with E-state index in [1.807, 2.05) is 24.3 Å². The zero-order chi connectivity index (χ0) is 12.6. The zero-order valence-electron chi connectivity index (χ0n) is 10.3. The second kappa shape index (κ2) is 4.72. The predicted molar refractivity (Wildman–Crippen MR) is 71.1 cm³/mol. The van der Waals surface area contributed by atoms with Crippen LogP contribution in [-0.2, 0) is 0 Å². The Morgan fingerprint density at radius 1 is 1.39 bits per heavy atom. The molecule has 0 unspecified atom stereocenters. The van der Waals surface area contributed by atoms with E-state index in [2.05, 4.69) is 4.90 Å². The number of ether oxygens (including phenoxy) is 1. The number of halogens is 1. The fraction of sp³-hybridized carbons (Fsp3) is 0.571. The summed E-state index contributed by atoms with van der Waals surface area (Å²) in [6.07, 6.45) is 2.40. The van der Waals surface area contributed by atoms with Crippen LogP contribution in [0.3, 0.4) is 0 Å². The molecule has 1 aliphatic carbocycles. The summed E-state index contributed by atoms with van der Waals surface area (Å²) in [4.78, 5) is 2.24. The van der Waals surface area contributed by atoms with Crippen molar-refractivity contribution in [1.82, 2.24) is 4.90 Å². The molecule has 98 valence electrons. The Morgan fingerprint density at radius 2 is 2.17 bits per heavy atom. The molecule has 3 rings (SSSR count). The molecular weight excluding hydrogens is 250 g/mol. The Morgan fingerprint density at radius 3 is 2.83 bits per heavy atom. The summed E-state index contributed by atoms with van der Waals surface area (Å²) in [5.74, 6) is 1.36. The molecule has 0 atom stereocenters. The van der Waals surface area contributed by atoms with Crippen LogP contribution in [0.25, 0.3) is 0 Å². The first-order chi connectivity index (χ1) is 8.66. The third-order valence-corrected chi connectivity index (χ3v) is 4.04. The van der Waals surface area contributed by atoms with Crippen LogP contribution in [-0.4, -0.2) is 41.8 Å². The van der Waals surface area contributed by atoms with E-state index in [0.29, 0.717) is 17.5 Å². The van der Waals surface area contributed by atoms with Gasteiger partial charge in [0.05, 0.1) is 5.60 Å². The van der Waals surface area contributed by atoms with E-state index in [1.165, 1.54) is 12.8 Å². The van der Waals surface area contributed by atoms with Crippen molar-refractivity contribution < 1.29 is 9.84 Å². The van der Waals surface area contributed by atoms with Crippen molar-refractivity contribution in [1.29, 1.82) is 0 Å². The average molecular weight is 268 g/mol. The molecule has 1 saturated carbocycles. The Labute approximate surface area is 112 Å². The van der Waals surface area contributed by atoms with Gasteiger partial charge in [0.2, 0.25) is 0 Å². The van der Waals surface area contributed by atoms with Crippen LogP contribution in [0.2, 0.25) is 5.02 Å². The first-order valence-electron chi connectivity index (χ1n) is 6.49. The Hall–Kier alpha value is -0.770. The van der Waals surface area contributed by atoms with Gasteiger partial charge in [0, 0.05) is 24.7 Å². The highest BCUT2D eigenvalue weighted by atomic mass is 35.5. The molecule has 2 aliphatic rings. The molecule has 1 aromatic carbocycles. The number of aliphatic hydroxyl groups is 1.